The van der Waals surface area contributed by atoms with Gasteiger partial charge in [0.15, 0.2) is 0 Å². The number of hydrogen-bond acceptors (Lipinski definition) is 3. The van der Waals surface area contributed by atoms with Crippen molar-refractivity contribution in [3.8, 4) is 0 Å². The number of amides is 1. The van der Waals surface area contributed by atoms with Gasteiger partial charge in [-0.1, -0.05) is 23.8 Å². The fraction of sp³-hybridized carbons (Fsp3) is 0.438. The summed E-state index contributed by atoms with van der Waals surface area (Å²) in [7, 11) is -3.56. The molecule has 1 aliphatic heterocycles. The minimum absolute atomic E-state index is 0.190. The second-order valence-corrected chi connectivity index (χ2v) is 7.49. The molecule has 1 amide bonds. The monoisotopic (exact) mass is 322 g/mol. The molecule has 0 radical (unpaired) electrons. The largest absolute Gasteiger partial charge is 0.349 e. The lowest BCUT2D eigenvalue weighted by atomic mass is 10.1. The topological polar surface area (TPSA) is 66.5 Å². The fourth-order valence-corrected chi connectivity index (χ4v) is 4.53. The molecule has 1 N–H and O–H groups in total. The summed E-state index contributed by atoms with van der Waals surface area (Å²) >= 11 is 0. The van der Waals surface area contributed by atoms with Gasteiger partial charge in [0.05, 0.1) is 10.9 Å². The predicted molar refractivity (Wildman–Crippen MR) is 85.9 cm³/mol. The van der Waals surface area contributed by atoms with Gasteiger partial charge in [-0.25, -0.2) is 8.42 Å². The van der Waals surface area contributed by atoms with E-state index in [1.807, 2.05) is 6.92 Å². The number of nitrogens with one attached hydrogen (secondary N) is 1. The third kappa shape index (κ3) is 3.39. The maximum Gasteiger partial charge on any atom is 0.243 e. The van der Waals surface area contributed by atoms with Crippen molar-refractivity contribution < 1.29 is 13.2 Å². The lowest BCUT2D eigenvalue weighted by Gasteiger charge is -2.29. The average Bonchev–Trinajstić information content (AvgIpc) is 2.95. The molecule has 0 aromatic heterocycles. The summed E-state index contributed by atoms with van der Waals surface area (Å²) in [4.78, 5) is 11.6. The van der Waals surface area contributed by atoms with Crippen LogP contribution in [0.3, 0.4) is 0 Å². The lowest BCUT2D eigenvalue weighted by Crippen LogP contribution is -2.49. The molecule has 1 aliphatic rings. The van der Waals surface area contributed by atoms with Crippen LogP contribution in [0.15, 0.2) is 41.8 Å². The van der Waals surface area contributed by atoms with Gasteiger partial charge in [0.1, 0.15) is 0 Å². The van der Waals surface area contributed by atoms with Gasteiger partial charge in [0.25, 0.3) is 0 Å². The molecule has 1 fully saturated rings. The zero-order valence-electron chi connectivity index (χ0n) is 13.0. The second-order valence-electron chi connectivity index (χ2n) is 5.60. The highest BCUT2D eigenvalue weighted by atomic mass is 32.2. The van der Waals surface area contributed by atoms with E-state index < -0.39 is 10.0 Å². The maximum atomic E-state index is 12.8. The molecule has 0 unspecified atom stereocenters. The highest BCUT2D eigenvalue weighted by Gasteiger charge is 2.38. The van der Waals surface area contributed by atoms with Crippen LogP contribution in [0.25, 0.3) is 0 Å². The van der Waals surface area contributed by atoms with Gasteiger partial charge < -0.3 is 5.32 Å². The Bertz CT molecular complexity index is 652. The van der Waals surface area contributed by atoms with Gasteiger partial charge in [0.2, 0.25) is 15.9 Å². The highest BCUT2D eigenvalue weighted by molar-refractivity contribution is 7.89. The number of rotatable bonds is 5. The van der Waals surface area contributed by atoms with Gasteiger partial charge in [0, 0.05) is 19.5 Å². The quantitative estimate of drug-likeness (QED) is 0.841. The Kier molecular flexibility index (Phi) is 5.03. The zero-order chi connectivity index (χ0) is 16.3. The SMILES string of the molecule is C=C[C@H](NC(C)=O)[C@H]1CCCN1S(=O)(=O)c1ccc(C)cc1. The third-order valence-corrected chi connectivity index (χ3v) is 5.85. The van der Waals surface area contributed by atoms with Crippen LogP contribution in [0.5, 0.6) is 0 Å². The van der Waals surface area contributed by atoms with Crippen molar-refractivity contribution in [2.45, 2.75) is 43.7 Å². The molecule has 1 saturated heterocycles. The zero-order valence-corrected chi connectivity index (χ0v) is 13.8. The first kappa shape index (κ1) is 16.7. The van der Waals surface area contributed by atoms with Crippen molar-refractivity contribution >= 4 is 15.9 Å². The van der Waals surface area contributed by atoms with Crippen LogP contribution in [0.4, 0.5) is 0 Å². The van der Waals surface area contributed by atoms with E-state index in [1.165, 1.54) is 11.2 Å². The molecule has 0 saturated carbocycles. The van der Waals surface area contributed by atoms with Gasteiger partial charge >= 0.3 is 0 Å². The summed E-state index contributed by atoms with van der Waals surface area (Å²) in [6.07, 6.45) is 3.09. The molecule has 120 valence electrons. The van der Waals surface area contributed by atoms with Crippen LogP contribution in [-0.2, 0) is 14.8 Å². The van der Waals surface area contributed by atoms with E-state index in [4.69, 9.17) is 0 Å². The van der Waals surface area contributed by atoms with Crippen LogP contribution in [0, 0.1) is 6.92 Å². The van der Waals surface area contributed by atoms with Crippen molar-refractivity contribution in [3.05, 3.63) is 42.5 Å². The van der Waals surface area contributed by atoms with Crippen molar-refractivity contribution in [2.24, 2.45) is 0 Å². The molecule has 0 spiro atoms. The Hall–Kier alpha value is -1.66. The number of nitrogens with zero attached hydrogens (tertiary/aromatic N) is 1. The third-order valence-electron chi connectivity index (χ3n) is 3.91. The Morgan fingerprint density at radius 2 is 2.05 bits per heavy atom. The standard InChI is InChI=1S/C16H22N2O3S/c1-4-15(17-13(3)19)16-6-5-11-18(16)22(20,21)14-9-7-12(2)8-10-14/h4,7-10,15-16H,1,5-6,11H2,2-3H3,(H,17,19)/t15-,16+/m0/s1. The van der Waals surface area contributed by atoms with Crippen LogP contribution in [-0.4, -0.2) is 37.3 Å². The molecule has 2 rings (SSSR count). The molecule has 0 aliphatic carbocycles. The number of aryl methyl sites for hydroxylation is 1. The molecule has 1 aromatic rings. The van der Waals surface area contributed by atoms with E-state index in [9.17, 15) is 13.2 Å². The fourth-order valence-electron chi connectivity index (χ4n) is 2.82. The van der Waals surface area contributed by atoms with E-state index >= 15 is 0 Å². The summed E-state index contributed by atoms with van der Waals surface area (Å²) < 4.78 is 27.2. The van der Waals surface area contributed by atoms with Crippen LogP contribution in [0.2, 0.25) is 0 Å². The number of sulfonamides is 1. The Balaban J connectivity index is 2.30. The molecule has 1 aromatic carbocycles. The first-order valence-corrected chi connectivity index (χ1v) is 8.78. The van der Waals surface area contributed by atoms with Gasteiger partial charge in [-0.2, -0.15) is 4.31 Å². The number of benzene rings is 1. The van der Waals surface area contributed by atoms with Gasteiger partial charge in [-0.3, -0.25) is 4.79 Å². The van der Waals surface area contributed by atoms with E-state index in [2.05, 4.69) is 11.9 Å². The molecule has 1 heterocycles. The van der Waals surface area contributed by atoms with Crippen molar-refractivity contribution in [1.29, 1.82) is 0 Å². The van der Waals surface area contributed by atoms with Crippen LogP contribution >= 0.6 is 0 Å². The van der Waals surface area contributed by atoms with Crippen LogP contribution < -0.4 is 5.32 Å². The van der Waals surface area contributed by atoms with Crippen molar-refractivity contribution in [2.75, 3.05) is 6.54 Å². The van der Waals surface area contributed by atoms with Crippen LogP contribution in [0.1, 0.15) is 25.3 Å². The number of hydrogen-bond donors (Lipinski definition) is 1. The molecule has 5 nitrogen and oxygen atoms in total. The van der Waals surface area contributed by atoms with E-state index in [-0.39, 0.29) is 22.9 Å². The summed E-state index contributed by atoms with van der Waals surface area (Å²) in [6, 6.07) is 6.17. The number of carbonyl (C=O) groups is 1. The normalized spacial score (nSPS) is 20.5. The molecule has 2 atom stereocenters. The molecule has 6 heteroatoms. The molecule has 0 bridgehead atoms. The summed E-state index contributed by atoms with van der Waals surface area (Å²) in [6.45, 7) is 7.52. The number of carbonyl (C=O) groups excluding carboxylic acids is 1. The minimum Gasteiger partial charge on any atom is -0.349 e. The minimum atomic E-state index is -3.56. The molecule has 22 heavy (non-hydrogen) atoms. The van der Waals surface area contributed by atoms with E-state index in [0.717, 1.165) is 12.0 Å². The Labute approximate surface area is 132 Å². The van der Waals surface area contributed by atoms with Gasteiger partial charge in [-0.15, -0.1) is 6.58 Å². The smallest absolute Gasteiger partial charge is 0.243 e. The average molecular weight is 322 g/mol. The Morgan fingerprint density at radius 1 is 1.41 bits per heavy atom. The highest BCUT2D eigenvalue weighted by Crippen LogP contribution is 2.28. The second kappa shape index (κ2) is 6.62. The lowest BCUT2D eigenvalue weighted by molar-refractivity contribution is -0.119. The van der Waals surface area contributed by atoms with Crippen molar-refractivity contribution in [1.82, 2.24) is 9.62 Å². The summed E-state index contributed by atoms with van der Waals surface area (Å²) in [5, 5.41) is 2.77. The first-order chi connectivity index (χ1) is 10.4. The first-order valence-electron chi connectivity index (χ1n) is 7.34. The maximum absolute atomic E-state index is 12.8. The molecular weight excluding hydrogens is 300 g/mol. The predicted octanol–water partition coefficient (Wildman–Crippen LogP) is 1.84. The van der Waals surface area contributed by atoms with E-state index in [0.29, 0.717) is 13.0 Å². The summed E-state index contributed by atoms with van der Waals surface area (Å²) in [5.74, 6) is -0.190. The Morgan fingerprint density at radius 3 is 2.59 bits per heavy atom. The molecular formula is C16H22N2O3S. The van der Waals surface area contributed by atoms with Gasteiger partial charge in [-0.05, 0) is 31.9 Å². The van der Waals surface area contributed by atoms with Crippen molar-refractivity contribution in [3.63, 3.8) is 0 Å². The summed E-state index contributed by atoms with van der Waals surface area (Å²) in [5.41, 5.74) is 1.01. The van der Waals surface area contributed by atoms with E-state index in [1.54, 1.807) is 30.3 Å².